The molecule has 0 amide bonds. The number of furan rings is 1. The van der Waals surface area contributed by atoms with Crippen LogP contribution in [0, 0.1) is 28.9 Å². The molecule has 0 atom stereocenters. The van der Waals surface area contributed by atoms with Crippen LogP contribution in [0.3, 0.4) is 0 Å². The molecule has 0 saturated carbocycles. The van der Waals surface area contributed by atoms with E-state index in [9.17, 15) is 0 Å². The van der Waals surface area contributed by atoms with Gasteiger partial charge in [-0.2, -0.15) is 10.5 Å². The van der Waals surface area contributed by atoms with Crippen LogP contribution in [0.1, 0.15) is 11.1 Å². The third kappa shape index (κ3) is 1.47. The number of rotatable bonds is 1. The molecule has 0 saturated heterocycles. The van der Waals surface area contributed by atoms with E-state index in [1.54, 1.807) is 24.3 Å². The third-order valence-electron chi connectivity index (χ3n) is 2.08. The Hall–Kier alpha value is -2.52. The van der Waals surface area contributed by atoms with Crippen molar-refractivity contribution >= 4 is 0 Å². The van der Waals surface area contributed by atoms with Gasteiger partial charge in [-0.15, -0.1) is 0 Å². The highest BCUT2D eigenvalue weighted by Gasteiger charge is 2.09. The number of nitrogens with zero attached hydrogens (tertiary/aromatic N) is 2. The molecule has 1 aromatic heterocycles. The van der Waals surface area contributed by atoms with Gasteiger partial charge in [0.25, 0.3) is 0 Å². The molecule has 0 bridgehead atoms. The number of hydrogen-bond donors (Lipinski definition) is 0. The molecule has 15 heavy (non-hydrogen) atoms. The lowest BCUT2D eigenvalue weighted by Gasteiger charge is -2.01. The van der Waals surface area contributed by atoms with Gasteiger partial charge in [0.05, 0.1) is 17.4 Å². The molecule has 0 spiro atoms. The summed E-state index contributed by atoms with van der Waals surface area (Å²) in [4.78, 5) is 0. The van der Waals surface area contributed by atoms with Crippen molar-refractivity contribution in [3.63, 3.8) is 0 Å². The fourth-order valence-electron chi connectivity index (χ4n) is 1.38. The fraction of sp³-hybridized carbons (Fsp3) is 0. The Morgan fingerprint density at radius 1 is 1.20 bits per heavy atom. The van der Waals surface area contributed by atoms with Gasteiger partial charge in [-0.05, 0) is 12.1 Å². The summed E-state index contributed by atoms with van der Waals surface area (Å²) in [6.45, 7) is 0. The van der Waals surface area contributed by atoms with E-state index in [1.165, 1.54) is 6.26 Å². The molecular weight excluding hydrogens is 188 g/mol. The second kappa shape index (κ2) is 3.69. The molecule has 0 aliphatic carbocycles. The first-order chi connectivity index (χ1) is 7.36. The van der Waals surface area contributed by atoms with Gasteiger partial charge in [-0.25, -0.2) is 0 Å². The minimum atomic E-state index is 0.370. The summed E-state index contributed by atoms with van der Waals surface area (Å²) in [5, 5.41) is 17.8. The summed E-state index contributed by atoms with van der Waals surface area (Å²) in [5.74, 6) is 0. The topological polar surface area (TPSA) is 60.7 Å². The Balaban J connectivity index is 2.70. The monoisotopic (exact) mass is 193 g/mol. The highest BCUT2D eigenvalue weighted by Crippen LogP contribution is 2.25. The average molecular weight is 193 g/mol. The Morgan fingerprint density at radius 2 is 2.07 bits per heavy atom. The Kier molecular flexibility index (Phi) is 2.23. The summed E-state index contributed by atoms with van der Waals surface area (Å²) < 4.78 is 4.82. The summed E-state index contributed by atoms with van der Waals surface area (Å²) in [7, 11) is 0. The van der Waals surface area contributed by atoms with E-state index in [4.69, 9.17) is 14.9 Å². The molecule has 69 valence electrons. The summed E-state index contributed by atoms with van der Waals surface area (Å²) >= 11 is 0. The Morgan fingerprint density at radius 3 is 2.67 bits per heavy atom. The molecule has 0 unspecified atom stereocenters. The number of nitriles is 2. The van der Waals surface area contributed by atoms with Crippen molar-refractivity contribution in [2.45, 2.75) is 0 Å². The molecule has 2 aromatic rings. The van der Waals surface area contributed by atoms with Crippen LogP contribution in [-0.4, -0.2) is 0 Å². The largest absolute Gasteiger partial charge is 0.460 e. The van der Waals surface area contributed by atoms with Crippen molar-refractivity contribution in [2.75, 3.05) is 0 Å². The van der Waals surface area contributed by atoms with Gasteiger partial charge in [-0.1, -0.05) is 12.1 Å². The van der Waals surface area contributed by atoms with Crippen LogP contribution in [0.4, 0.5) is 0 Å². The van der Waals surface area contributed by atoms with Crippen LogP contribution in [0.25, 0.3) is 11.1 Å². The van der Waals surface area contributed by atoms with Crippen LogP contribution in [0.15, 0.2) is 34.9 Å². The maximum Gasteiger partial charge on any atom is 0.169 e. The van der Waals surface area contributed by atoms with Crippen LogP contribution in [0.2, 0.25) is 0 Å². The first-order valence-corrected chi connectivity index (χ1v) is 4.25. The van der Waals surface area contributed by atoms with E-state index in [1.807, 2.05) is 12.1 Å². The molecule has 0 aliphatic rings. The molecule has 0 N–H and O–H groups in total. The summed E-state index contributed by atoms with van der Waals surface area (Å²) in [5.41, 5.74) is 2.19. The maximum atomic E-state index is 8.99. The first kappa shape index (κ1) is 9.05. The zero-order valence-electron chi connectivity index (χ0n) is 7.69. The van der Waals surface area contributed by atoms with Crippen molar-refractivity contribution in [1.29, 1.82) is 10.5 Å². The fourth-order valence-corrected chi connectivity index (χ4v) is 1.38. The van der Waals surface area contributed by atoms with Gasteiger partial charge in [0.15, 0.2) is 6.26 Å². The predicted molar refractivity (Wildman–Crippen MR) is 52.4 cm³/mol. The lowest BCUT2D eigenvalue weighted by atomic mass is 9.99. The minimum Gasteiger partial charge on any atom is -0.460 e. The first-order valence-electron chi connectivity index (χ1n) is 4.25. The van der Waals surface area contributed by atoms with Gasteiger partial charge in [0.1, 0.15) is 12.1 Å². The Labute approximate surface area is 86.8 Å². The second-order valence-corrected chi connectivity index (χ2v) is 2.90. The molecule has 1 radical (unpaired) electrons. The van der Waals surface area contributed by atoms with E-state index in [2.05, 4.69) is 6.26 Å². The summed E-state index contributed by atoms with van der Waals surface area (Å²) in [6.07, 6.45) is 4.05. The lowest BCUT2D eigenvalue weighted by molar-refractivity contribution is 0.559. The Bertz CT molecular complexity index is 556. The van der Waals surface area contributed by atoms with Gasteiger partial charge < -0.3 is 4.42 Å². The molecule has 1 heterocycles. The van der Waals surface area contributed by atoms with Crippen LogP contribution in [-0.2, 0) is 0 Å². The zero-order chi connectivity index (χ0) is 10.7. The quantitative estimate of drug-likeness (QED) is 0.698. The standard InChI is InChI=1S/C12H5N2O/c13-6-9-2-1-3-11(12(9)7-14)10-4-5-15-8-10/h1-4,8H. The van der Waals surface area contributed by atoms with E-state index in [0.717, 1.165) is 5.56 Å². The molecule has 1 aromatic carbocycles. The highest BCUT2D eigenvalue weighted by atomic mass is 16.3. The molecule has 3 nitrogen and oxygen atoms in total. The zero-order valence-corrected chi connectivity index (χ0v) is 7.69. The SMILES string of the molecule is N#Cc1cccc(-c2c[c]oc2)c1C#N. The molecule has 0 fully saturated rings. The van der Waals surface area contributed by atoms with Crippen LogP contribution >= 0.6 is 0 Å². The van der Waals surface area contributed by atoms with Crippen LogP contribution in [0.5, 0.6) is 0 Å². The molecule has 0 aliphatic heterocycles. The molecule has 2 rings (SSSR count). The van der Waals surface area contributed by atoms with Gasteiger partial charge >= 0.3 is 0 Å². The van der Waals surface area contributed by atoms with Crippen LogP contribution < -0.4 is 0 Å². The van der Waals surface area contributed by atoms with E-state index >= 15 is 0 Å². The minimum absolute atomic E-state index is 0.370. The van der Waals surface area contributed by atoms with Gasteiger partial charge in [-0.3, -0.25) is 0 Å². The average Bonchev–Trinajstić information content (AvgIpc) is 2.81. The van der Waals surface area contributed by atoms with Crippen molar-refractivity contribution < 1.29 is 4.42 Å². The normalized spacial score (nSPS) is 9.20. The second-order valence-electron chi connectivity index (χ2n) is 2.90. The molecule has 3 heteroatoms. The van der Waals surface area contributed by atoms with E-state index in [0.29, 0.717) is 16.7 Å². The van der Waals surface area contributed by atoms with Gasteiger partial charge in [0, 0.05) is 11.1 Å². The van der Waals surface area contributed by atoms with Crippen molar-refractivity contribution in [3.8, 4) is 23.3 Å². The lowest BCUT2D eigenvalue weighted by Crippen LogP contribution is -1.87. The maximum absolute atomic E-state index is 8.99. The molecular formula is C12H5N2O. The highest BCUT2D eigenvalue weighted by molar-refractivity contribution is 5.72. The number of benzene rings is 1. The van der Waals surface area contributed by atoms with E-state index in [-0.39, 0.29) is 0 Å². The summed E-state index contributed by atoms with van der Waals surface area (Å²) in [6, 6.07) is 10.8. The van der Waals surface area contributed by atoms with Crippen molar-refractivity contribution in [2.24, 2.45) is 0 Å². The van der Waals surface area contributed by atoms with E-state index < -0.39 is 0 Å². The smallest absolute Gasteiger partial charge is 0.169 e. The number of hydrogen-bond acceptors (Lipinski definition) is 3. The van der Waals surface area contributed by atoms with Crippen molar-refractivity contribution in [3.05, 3.63) is 47.9 Å². The van der Waals surface area contributed by atoms with Crippen molar-refractivity contribution in [1.82, 2.24) is 0 Å². The third-order valence-corrected chi connectivity index (χ3v) is 2.08. The van der Waals surface area contributed by atoms with Gasteiger partial charge in [0.2, 0.25) is 0 Å². The predicted octanol–water partition coefficient (Wildman–Crippen LogP) is 2.49.